The summed E-state index contributed by atoms with van der Waals surface area (Å²) < 4.78 is 39.3. The molecule has 26 heavy (non-hydrogen) atoms. The van der Waals surface area contributed by atoms with E-state index in [0.29, 0.717) is 14.8 Å². The molecule has 1 aromatic carbocycles. The summed E-state index contributed by atoms with van der Waals surface area (Å²) in [4.78, 5) is 28.1. The lowest BCUT2D eigenvalue weighted by molar-refractivity contribution is -0.147. The van der Waals surface area contributed by atoms with Gasteiger partial charge in [0.15, 0.2) is 0 Å². The minimum atomic E-state index is -4.72. The maximum Gasteiger partial charge on any atom is 0.451 e. The number of carbonyl (C=O) groups is 1. The van der Waals surface area contributed by atoms with Gasteiger partial charge in [-0.15, -0.1) is 5.10 Å². The second-order valence-electron chi connectivity index (χ2n) is 5.53. The first-order valence-corrected chi connectivity index (χ1v) is 7.62. The minimum Gasteiger partial charge on any atom is -0.349 e. The Hall–Kier alpha value is -3.17. The molecule has 0 saturated heterocycles. The molecule has 0 atom stereocenters. The van der Waals surface area contributed by atoms with Crippen molar-refractivity contribution in [3.63, 3.8) is 0 Å². The van der Waals surface area contributed by atoms with Crippen LogP contribution in [0.1, 0.15) is 16.3 Å². The number of aromatic nitrogens is 4. The minimum absolute atomic E-state index is 0.0679. The van der Waals surface area contributed by atoms with Crippen molar-refractivity contribution in [1.82, 2.24) is 24.6 Å². The second kappa shape index (κ2) is 6.62. The molecule has 7 nitrogen and oxygen atoms in total. The Morgan fingerprint density at radius 2 is 1.92 bits per heavy atom. The third kappa shape index (κ3) is 3.44. The highest BCUT2D eigenvalue weighted by Crippen LogP contribution is 2.25. The predicted octanol–water partition coefficient (Wildman–Crippen LogP) is 1.58. The molecule has 0 unspecified atom stereocenters. The number of hydrogen-bond donors (Lipinski definition) is 1. The molecule has 0 fully saturated rings. The second-order valence-corrected chi connectivity index (χ2v) is 5.53. The van der Waals surface area contributed by atoms with Crippen molar-refractivity contribution in [1.29, 1.82) is 0 Å². The van der Waals surface area contributed by atoms with Gasteiger partial charge in [-0.25, -0.2) is 14.5 Å². The van der Waals surface area contributed by atoms with E-state index in [1.807, 2.05) is 12.1 Å². The number of para-hydroxylation sites is 1. The van der Waals surface area contributed by atoms with E-state index < -0.39 is 23.6 Å². The highest BCUT2D eigenvalue weighted by molar-refractivity contribution is 5.94. The third-order valence-corrected chi connectivity index (χ3v) is 3.73. The number of nitrogens with one attached hydrogen (secondary N) is 1. The highest BCUT2D eigenvalue weighted by atomic mass is 19.4. The van der Waals surface area contributed by atoms with Crippen molar-refractivity contribution in [2.45, 2.75) is 12.7 Å². The number of amides is 1. The molecule has 136 valence electrons. The quantitative estimate of drug-likeness (QED) is 0.761. The fourth-order valence-electron chi connectivity index (χ4n) is 2.44. The molecular weight excluding hydrogens is 351 g/mol. The first-order valence-electron chi connectivity index (χ1n) is 7.62. The zero-order valence-corrected chi connectivity index (χ0v) is 13.6. The van der Waals surface area contributed by atoms with E-state index in [0.717, 1.165) is 12.4 Å². The Balaban J connectivity index is 1.68. The maximum absolute atomic E-state index is 12.7. The molecule has 3 rings (SSSR count). The van der Waals surface area contributed by atoms with Gasteiger partial charge in [0.1, 0.15) is 5.69 Å². The summed E-state index contributed by atoms with van der Waals surface area (Å²) in [5.74, 6) is -1.78. The fraction of sp³-hybridized carbons (Fsp3) is 0.250. The molecule has 0 spiro atoms. The average molecular weight is 365 g/mol. The van der Waals surface area contributed by atoms with Crippen LogP contribution in [-0.4, -0.2) is 31.8 Å². The van der Waals surface area contributed by atoms with Gasteiger partial charge in [-0.3, -0.25) is 9.36 Å². The van der Waals surface area contributed by atoms with E-state index in [2.05, 4.69) is 15.4 Å². The number of alkyl halides is 3. The number of pyridine rings is 1. The van der Waals surface area contributed by atoms with Gasteiger partial charge in [-0.1, -0.05) is 24.3 Å². The summed E-state index contributed by atoms with van der Waals surface area (Å²) >= 11 is 0. The number of hydrogen-bond acceptors (Lipinski definition) is 4. The van der Waals surface area contributed by atoms with Crippen molar-refractivity contribution in [3.05, 3.63) is 58.4 Å². The van der Waals surface area contributed by atoms with Gasteiger partial charge >= 0.3 is 11.9 Å². The fourth-order valence-corrected chi connectivity index (χ4v) is 2.44. The predicted molar refractivity (Wildman–Crippen MR) is 86.5 cm³/mol. The molecule has 0 radical (unpaired) electrons. The van der Waals surface area contributed by atoms with Gasteiger partial charge in [0, 0.05) is 19.0 Å². The molecule has 0 aliphatic carbocycles. The number of carbonyl (C=O) groups excluding carboxylic acids is 1. The van der Waals surface area contributed by atoms with Crippen LogP contribution in [0.5, 0.6) is 0 Å². The Morgan fingerprint density at radius 3 is 2.62 bits per heavy atom. The first-order chi connectivity index (χ1) is 12.3. The molecule has 0 aliphatic rings. The van der Waals surface area contributed by atoms with Crippen molar-refractivity contribution >= 4 is 16.8 Å². The van der Waals surface area contributed by atoms with Crippen LogP contribution in [0, 0.1) is 0 Å². The van der Waals surface area contributed by atoms with E-state index in [1.165, 1.54) is 0 Å². The summed E-state index contributed by atoms with van der Waals surface area (Å²) in [5, 5.41) is 6.66. The van der Waals surface area contributed by atoms with E-state index in [9.17, 15) is 22.8 Å². The number of rotatable bonds is 4. The Morgan fingerprint density at radius 1 is 1.19 bits per heavy atom. The Bertz CT molecular complexity index is 1020. The lowest BCUT2D eigenvalue weighted by Gasteiger charge is -2.05. The van der Waals surface area contributed by atoms with E-state index in [-0.39, 0.29) is 18.8 Å². The van der Waals surface area contributed by atoms with Crippen LogP contribution in [-0.2, 0) is 19.8 Å². The molecule has 0 bridgehead atoms. The van der Waals surface area contributed by atoms with Crippen LogP contribution in [0.2, 0.25) is 0 Å². The van der Waals surface area contributed by atoms with E-state index in [4.69, 9.17) is 0 Å². The zero-order chi connectivity index (χ0) is 18.9. The SMILES string of the molecule is Cn1c(C(F)(F)F)nn(CCNC(=O)c2ccc3ccccc3n2)c1=O. The third-order valence-electron chi connectivity index (χ3n) is 3.73. The van der Waals surface area contributed by atoms with Crippen LogP contribution in [0.4, 0.5) is 13.2 Å². The summed E-state index contributed by atoms with van der Waals surface area (Å²) in [6.45, 7) is -0.260. The lowest BCUT2D eigenvalue weighted by atomic mass is 10.2. The standard InChI is InChI=1S/C16H14F3N5O2/c1-23-14(16(17,18)19)22-24(15(23)26)9-8-20-13(25)12-7-6-10-4-2-3-5-11(10)21-12/h2-7H,8-9H2,1H3,(H,20,25). The largest absolute Gasteiger partial charge is 0.451 e. The lowest BCUT2D eigenvalue weighted by Crippen LogP contribution is -2.32. The topological polar surface area (TPSA) is 81.8 Å². The van der Waals surface area contributed by atoms with Gasteiger partial charge in [0.05, 0.1) is 12.1 Å². The van der Waals surface area contributed by atoms with Gasteiger partial charge in [-0.05, 0) is 12.1 Å². The van der Waals surface area contributed by atoms with Crippen molar-refractivity contribution in [2.75, 3.05) is 6.54 Å². The van der Waals surface area contributed by atoms with Gasteiger partial charge < -0.3 is 5.32 Å². The smallest absolute Gasteiger partial charge is 0.349 e. The molecule has 3 aromatic rings. The van der Waals surface area contributed by atoms with Crippen LogP contribution in [0.25, 0.3) is 10.9 Å². The number of fused-ring (bicyclic) bond motifs is 1. The normalized spacial score (nSPS) is 11.7. The molecule has 0 aliphatic heterocycles. The highest BCUT2D eigenvalue weighted by Gasteiger charge is 2.37. The van der Waals surface area contributed by atoms with Crippen LogP contribution in [0.3, 0.4) is 0 Å². The molecule has 2 heterocycles. The van der Waals surface area contributed by atoms with E-state index in [1.54, 1.807) is 24.3 Å². The van der Waals surface area contributed by atoms with Gasteiger partial charge in [-0.2, -0.15) is 13.2 Å². The molecule has 1 amide bonds. The molecule has 1 N–H and O–H groups in total. The van der Waals surface area contributed by atoms with Crippen molar-refractivity contribution < 1.29 is 18.0 Å². The zero-order valence-electron chi connectivity index (χ0n) is 13.6. The Labute approximate surface area is 145 Å². The van der Waals surface area contributed by atoms with Gasteiger partial charge in [0.25, 0.3) is 5.91 Å². The molecule has 10 heteroatoms. The summed E-state index contributed by atoms with van der Waals surface area (Å²) in [7, 11) is 0.992. The number of nitrogens with zero attached hydrogens (tertiary/aromatic N) is 4. The Kier molecular flexibility index (Phi) is 4.49. The van der Waals surface area contributed by atoms with Crippen LogP contribution < -0.4 is 11.0 Å². The molecule has 0 saturated carbocycles. The van der Waals surface area contributed by atoms with Crippen LogP contribution in [0.15, 0.2) is 41.2 Å². The summed E-state index contributed by atoms with van der Waals surface area (Å²) in [5.41, 5.74) is -0.0839. The monoisotopic (exact) mass is 365 g/mol. The first kappa shape index (κ1) is 17.6. The molecular formula is C16H14F3N5O2. The van der Waals surface area contributed by atoms with Crippen LogP contribution >= 0.6 is 0 Å². The van der Waals surface area contributed by atoms with Gasteiger partial charge in [0.2, 0.25) is 5.82 Å². The molecule has 2 aromatic heterocycles. The van der Waals surface area contributed by atoms with E-state index >= 15 is 0 Å². The number of benzene rings is 1. The maximum atomic E-state index is 12.7. The summed E-state index contributed by atoms with van der Waals surface area (Å²) in [6.07, 6.45) is -4.72. The van der Waals surface area contributed by atoms with Crippen molar-refractivity contribution in [2.24, 2.45) is 7.05 Å². The average Bonchev–Trinajstić information content (AvgIpc) is 2.90. The number of halogens is 3. The van der Waals surface area contributed by atoms with Crippen molar-refractivity contribution in [3.8, 4) is 0 Å². The summed E-state index contributed by atoms with van der Waals surface area (Å²) in [6, 6.07) is 10.6.